The lowest BCUT2D eigenvalue weighted by Crippen LogP contribution is -2.63. The Morgan fingerprint density at radius 2 is 1.28 bits per heavy atom. The van der Waals surface area contributed by atoms with E-state index in [1.165, 1.54) is 30.3 Å². The van der Waals surface area contributed by atoms with Gasteiger partial charge in [-0.15, -0.1) is 0 Å². The Morgan fingerprint density at radius 3 is 1.78 bits per heavy atom. The highest BCUT2D eigenvalue weighted by Crippen LogP contribution is 2.55. The molecule has 176 valence electrons. The predicted molar refractivity (Wildman–Crippen MR) is 90.8 cm³/mol. The fourth-order valence-electron chi connectivity index (χ4n) is 2.29. The first-order valence-electron chi connectivity index (χ1n) is 8.02. The SMILES string of the molecule is O=S(=O)(Oc1ccccc1/C(=N/O)c1ccccc1)C(F)(F)C(F)(F)C(F)(F)C(F)(F)F. The van der Waals surface area contributed by atoms with Gasteiger partial charge >= 0.3 is 33.4 Å². The largest absolute Gasteiger partial charge is 0.460 e. The van der Waals surface area contributed by atoms with E-state index in [0.29, 0.717) is 6.07 Å². The summed E-state index contributed by atoms with van der Waals surface area (Å²) >= 11 is 0. The number of hydrogen-bond acceptors (Lipinski definition) is 5. The second-order valence-corrected chi connectivity index (χ2v) is 7.60. The molecule has 5 nitrogen and oxygen atoms in total. The van der Waals surface area contributed by atoms with Gasteiger partial charge in [-0.1, -0.05) is 47.6 Å². The Hall–Kier alpha value is -2.97. The molecule has 0 saturated heterocycles. The molecule has 1 N–H and O–H groups in total. The molecule has 0 radical (unpaired) electrons. The third-order valence-electron chi connectivity index (χ3n) is 3.92. The summed E-state index contributed by atoms with van der Waals surface area (Å²) in [7, 11) is -7.16. The molecular formula is C17H10F9NO4S. The van der Waals surface area contributed by atoms with Crippen molar-refractivity contribution >= 4 is 15.8 Å². The molecule has 0 heterocycles. The molecule has 32 heavy (non-hydrogen) atoms. The molecule has 0 aliphatic heterocycles. The van der Waals surface area contributed by atoms with Crippen LogP contribution in [0.25, 0.3) is 0 Å². The summed E-state index contributed by atoms with van der Waals surface area (Å²) in [4.78, 5) is 0. The zero-order chi connectivity index (χ0) is 24.6. The van der Waals surface area contributed by atoms with Crippen molar-refractivity contribution in [2.45, 2.75) is 23.3 Å². The summed E-state index contributed by atoms with van der Waals surface area (Å²) in [5.41, 5.74) is -1.07. The summed E-state index contributed by atoms with van der Waals surface area (Å²) in [5.74, 6) is -16.1. The van der Waals surface area contributed by atoms with Gasteiger partial charge in [0.15, 0.2) is 5.75 Å². The van der Waals surface area contributed by atoms with Crippen LogP contribution < -0.4 is 4.18 Å². The molecule has 2 aromatic rings. The van der Waals surface area contributed by atoms with Crippen molar-refractivity contribution in [3.8, 4) is 5.75 Å². The van der Waals surface area contributed by atoms with Gasteiger partial charge in [0.2, 0.25) is 0 Å². The van der Waals surface area contributed by atoms with E-state index in [9.17, 15) is 53.1 Å². The molecule has 2 aromatic carbocycles. The van der Waals surface area contributed by atoms with Gasteiger partial charge < -0.3 is 9.39 Å². The number of nitrogens with zero attached hydrogens (tertiary/aromatic N) is 1. The minimum Gasteiger partial charge on any atom is -0.410 e. The van der Waals surface area contributed by atoms with Gasteiger partial charge in [0.05, 0.1) is 0 Å². The molecule has 0 aromatic heterocycles. The monoisotopic (exact) mass is 495 g/mol. The third-order valence-corrected chi connectivity index (χ3v) is 5.20. The van der Waals surface area contributed by atoms with E-state index in [1.807, 2.05) is 0 Å². The molecule has 2 rings (SSSR count). The Balaban J connectivity index is 2.56. The van der Waals surface area contributed by atoms with E-state index in [4.69, 9.17) is 0 Å². The quantitative estimate of drug-likeness (QED) is 0.192. The van der Waals surface area contributed by atoms with Crippen LogP contribution in [0.3, 0.4) is 0 Å². The van der Waals surface area contributed by atoms with Crippen LogP contribution in [0, 0.1) is 0 Å². The molecule has 0 bridgehead atoms. The van der Waals surface area contributed by atoms with Crippen LogP contribution >= 0.6 is 0 Å². The Morgan fingerprint density at radius 1 is 0.781 bits per heavy atom. The molecule has 0 saturated carbocycles. The van der Waals surface area contributed by atoms with Crippen LogP contribution in [-0.4, -0.2) is 42.6 Å². The van der Waals surface area contributed by atoms with Gasteiger partial charge in [0, 0.05) is 11.1 Å². The second kappa shape index (κ2) is 8.18. The normalized spacial score (nSPS) is 14.3. The van der Waals surface area contributed by atoms with Crippen LogP contribution in [0.1, 0.15) is 11.1 Å². The van der Waals surface area contributed by atoms with Gasteiger partial charge in [-0.2, -0.15) is 47.9 Å². The van der Waals surface area contributed by atoms with Crippen LogP contribution in [0.5, 0.6) is 5.75 Å². The van der Waals surface area contributed by atoms with Crippen molar-refractivity contribution in [3.05, 3.63) is 65.7 Å². The predicted octanol–water partition coefficient (Wildman–Crippen LogP) is 5.05. The highest BCUT2D eigenvalue weighted by atomic mass is 32.2. The number of para-hydroxylation sites is 1. The fraction of sp³-hybridized carbons (Fsp3) is 0.235. The number of rotatable bonds is 7. The Bertz CT molecular complexity index is 1100. The zero-order valence-corrected chi connectivity index (χ0v) is 15.9. The second-order valence-electron chi connectivity index (χ2n) is 6.01. The summed E-state index contributed by atoms with van der Waals surface area (Å²) < 4.78 is 145. The van der Waals surface area contributed by atoms with Crippen molar-refractivity contribution in [3.63, 3.8) is 0 Å². The van der Waals surface area contributed by atoms with Gasteiger partial charge in [-0.05, 0) is 12.1 Å². The van der Waals surface area contributed by atoms with E-state index in [0.717, 1.165) is 18.2 Å². The van der Waals surface area contributed by atoms with E-state index in [2.05, 4.69) is 9.34 Å². The van der Waals surface area contributed by atoms with E-state index in [-0.39, 0.29) is 5.56 Å². The zero-order valence-electron chi connectivity index (χ0n) is 15.1. The van der Waals surface area contributed by atoms with Crippen LogP contribution in [0.15, 0.2) is 59.8 Å². The highest BCUT2D eigenvalue weighted by molar-refractivity contribution is 7.88. The highest BCUT2D eigenvalue weighted by Gasteiger charge is 2.86. The number of halogens is 9. The molecule has 0 spiro atoms. The van der Waals surface area contributed by atoms with Gasteiger partial charge in [0.1, 0.15) is 5.71 Å². The van der Waals surface area contributed by atoms with Crippen molar-refractivity contribution in [1.82, 2.24) is 0 Å². The fourth-order valence-corrected chi connectivity index (χ4v) is 3.21. The van der Waals surface area contributed by atoms with Crippen LogP contribution in [0.4, 0.5) is 39.5 Å². The van der Waals surface area contributed by atoms with Gasteiger partial charge in [0.25, 0.3) is 0 Å². The molecule has 0 atom stereocenters. The van der Waals surface area contributed by atoms with Gasteiger partial charge in [-0.3, -0.25) is 0 Å². The molecule has 0 aliphatic rings. The maximum atomic E-state index is 13.9. The first kappa shape index (κ1) is 25.3. The van der Waals surface area contributed by atoms with Crippen molar-refractivity contribution in [1.29, 1.82) is 0 Å². The molecular weight excluding hydrogens is 485 g/mol. The van der Waals surface area contributed by atoms with Crippen LogP contribution in [0.2, 0.25) is 0 Å². The Kier molecular flexibility index (Phi) is 6.47. The van der Waals surface area contributed by atoms with E-state index < -0.39 is 50.4 Å². The Labute approximate surface area is 173 Å². The summed E-state index contributed by atoms with van der Waals surface area (Å²) in [6.07, 6.45) is -7.21. The van der Waals surface area contributed by atoms with Gasteiger partial charge in [-0.25, -0.2) is 0 Å². The first-order valence-corrected chi connectivity index (χ1v) is 9.43. The maximum Gasteiger partial charge on any atom is 0.460 e. The number of benzene rings is 2. The minimum atomic E-state index is -7.45. The standard InChI is InChI=1S/C17H10F9NO4S/c18-14(19,16(22,23)24)15(20,21)17(25,26)32(29,30)31-12-9-5-4-8-11(12)13(27-28)10-6-2-1-3-7-10/h1-9,28H/b27-13+. The number of hydrogen-bond donors (Lipinski definition) is 1. The van der Waals surface area contributed by atoms with Crippen molar-refractivity contribution in [2.24, 2.45) is 5.16 Å². The van der Waals surface area contributed by atoms with Crippen molar-refractivity contribution in [2.75, 3.05) is 0 Å². The summed E-state index contributed by atoms with van der Waals surface area (Å²) in [6.45, 7) is 0. The first-order chi connectivity index (χ1) is 14.5. The molecule has 0 aliphatic carbocycles. The maximum absolute atomic E-state index is 13.9. The summed E-state index contributed by atoms with van der Waals surface area (Å²) in [5, 5.41) is 5.04. The topological polar surface area (TPSA) is 76.0 Å². The smallest absolute Gasteiger partial charge is 0.410 e. The van der Waals surface area contributed by atoms with E-state index in [1.54, 1.807) is 0 Å². The molecule has 15 heteroatoms. The third kappa shape index (κ3) is 4.08. The average molecular weight is 495 g/mol. The molecule has 0 amide bonds. The number of alkyl halides is 9. The number of oxime groups is 1. The lowest BCUT2D eigenvalue weighted by molar-refractivity contribution is -0.382. The lowest BCUT2D eigenvalue weighted by Gasteiger charge is -2.32. The molecule has 0 unspecified atom stereocenters. The van der Waals surface area contributed by atoms with Crippen molar-refractivity contribution < 1.29 is 57.3 Å². The lowest BCUT2D eigenvalue weighted by atomic mass is 10.0. The molecule has 0 fully saturated rings. The summed E-state index contributed by atoms with van der Waals surface area (Å²) in [6, 6.07) is 10.5. The minimum absolute atomic E-state index is 0.0455. The van der Waals surface area contributed by atoms with E-state index >= 15 is 0 Å². The van der Waals surface area contributed by atoms with Crippen LogP contribution in [-0.2, 0) is 10.1 Å². The average Bonchev–Trinajstić information content (AvgIpc) is 2.69.